The van der Waals surface area contributed by atoms with Crippen molar-refractivity contribution in [1.29, 1.82) is 0 Å². The quantitative estimate of drug-likeness (QED) is 0.396. The molecule has 0 aliphatic rings. The molecule has 0 unspecified atom stereocenters. The van der Waals surface area contributed by atoms with Gasteiger partial charge in [-0.3, -0.25) is 9.59 Å². The summed E-state index contributed by atoms with van der Waals surface area (Å²) in [5.74, 6) is -0.0444. The number of esters is 1. The maximum Gasteiger partial charge on any atom is 0.308 e. The normalized spacial score (nSPS) is 11.6. The zero-order valence-corrected chi connectivity index (χ0v) is 17.4. The predicted octanol–water partition coefficient (Wildman–Crippen LogP) is 6.08. The molecule has 0 aliphatic carbocycles. The van der Waals surface area contributed by atoms with Crippen molar-refractivity contribution in [3.8, 4) is 16.9 Å². The molecular weight excluding hydrogens is 409 g/mol. The topological polar surface area (TPSA) is 55.4 Å². The van der Waals surface area contributed by atoms with Gasteiger partial charge in [-0.1, -0.05) is 53.5 Å². The number of carbonyl (C=O) groups is 2. The third kappa shape index (κ3) is 5.37. The van der Waals surface area contributed by atoms with Crippen LogP contribution < -0.4 is 10.1 Å². The minimum Gasteiger partial charge on any atom is -0.427 e. The van der Waals surface area contributed by atoms with Crippen LogP contribution in [0.1, 0.15) is 35.8 Å². The van der Waals surface area contributed by atoms with Gasteiger partial charge in [0.2, 0.25) is 0 Å². The van der Waals surface area contributed by atoms with E-state index in [-0.39, 0.29) is 17.9 Å². The van der Waals surface area contributed by atoms with Gasteiger partial charge in [0.05, 0.1) is 16.1 Å². The van der Waals surface area contributed by atoms with Crippen LogP contribution in [0.4, 0.5) is 0 Å². The highest BCUT2D eigenvalue weighted by atomic mass is 35.5. The lowest BCUT2D eigenvalue weighted by Gasteiger charge is -2.15. The SMILES string of the molecule is CC(=O)Oc1ccc(-c2ccc(C(=O)N[C@H](C)c3ccc(Cl)c(Cl)c3)cc2)cc1. The van der Waals surface area contributed by atoms with E-state index in [1.54, 1.807) is 36.4 Å². The second kappa shape index (κ2) is 9.12. The molecule has 29 heavy (non-hydrogen) atoms. The van der Waals surface area contributed by atoms with Gasteiger partial charge in [-0.15, -0.1) is 0 Å². The van der Waals surface area contributed by atoms with E-state index in [4.69, 9.17) is 27.9 Å². The fraction of sp³-hybridized carbons (Fsp3) is 0.130. The Balaban J connectivity index is 1.68. The molecule has 0 heterocycles. The van der Waals surface area contributed by atoms with E-state index in [1.807, 2.05) is 37.3 Å². The molecule has 3 aromatic rings. The summed E-state index contributed by atoms with van der Waals surface area (Å²) in [6.45, 7) is 3.25. The van der Waals surface area contributed by atoms with Gasteiger partial charge in [0, 0.05) is 12.5 Å². The van der Waals surface area contributed by atoms with Gasteiger partial charge in [-0.05, 0) is 60.0 Å². The van der Waals surface area contributed by atoms with Crippen LogP contribution in [0, 0.1) is 0 Å². The summed E-state index contributed by atoms with van der Waals surface area (Å²) < 4.78 is 5.04. The Labute approximate surface area is 179 Å². The number of carbonyl (C=O) groups excluding carboxylic acids is 2. The Hall–Kier alpha value is -2.82. The molecule has 0 aliphatic heterocycles. The third-order valence-corrected chi connectivity index (χ3v) is 5.13. The smallest absolute Gasteiger partial charge is 0.308 e. The highest BCUT2D eigenvalue weighted by Crippen LogP contribution is 2.26. The third-order valence-electron chi connectivity index (χ3n) is 4.39. The maximum absolute atomic E-state index is 12.6. The molecule has 148 valence electrons. The van der Waals surface area contributed by atoms with Crippen molar-refractivity contribution in [2.24, 2.45) is 0 Å². The second-order valence-corrected chi connectivity index (χ2v) is 7.38. The first-order valence-electron chi connectivity index (χ1n) is 8.98. The Bertz CT molecular complexity index is 1030. The van der Waals surface area contributed by atoms with Gasteiger partial charge in [0.1, 0.15) is 5.75 Å². The largest absolute Gasteiger partial charge is 0.427 e. The fourth-order valence-corrected chi connectivity index (χ4v) is 3.15. The Morgan fingerprint density at radius 1 is 0.862 bits per heavy atom. The standard InChI is InChI=1S/C23H19Cl2NO3/c1-14(19-9-12-21(24)22(25)13-19)26-23(28)18-5-3-16(4-6-18)17-7-10-20(11-8-17)29-15(2)27/h3-14H,1-2H3,(H,26,28)/t14-/m1/s1. The molecule has 1 N–H and O–H groups in total. The van der Waals surface area contributed by atoms with Crippen molar-refractivity contribution in [3.63, 3.8) is 0 Å². The van der Waals surface area contributed by atoms with E-state index in [0.29, 0.717) is 21.4 Å². The Kier molecular flexibility index (Phi) is 6.57. The van der Waals surface area contributed by atoms with Crippen molar-refractivity contribution in [1.82, 2.24) is 5.32 Å². The van der Waals surface area contributed by atoms with Crippen molar-refractivity contribution in [2.45, 2.75) is 19.9 Å². The lowest BCUT2D eigenvalue weighted by Crippen LogP contribution is -2.26. The average Bonchev–Trinajstić information content (AvgIpc) is 2.70. The predicted molar refractivity (Wildman–Crippen MR) is 116 cm³/mol. The number of benzene rings is 3. The molecule has 0 fully saturated rings. The first kappa shape index (κ1) is 20.9. The van der Waals surface area contributed by atoms with Gasteiger partial charge in [-0.2, -0.15) is 0 Å². The molecule has 6 heteroatoms. The van der Waals surface area contributed by atoms with Crippen LogP contribution in [0.25, 0.3) is 11.1 Å². The first-order chi connectivity index (χ1) is 13.8. The number of hydrogen-bond donors (Lipinski definition) is 1. The molecule has 4 nitrogen and oxygen atoms in total. The Morgan fingerprint density at radius 3 is 2.00 bits per heavy atom. The van der Waals surface area contributed by atoms with Crippen LogP contribution >= 0.6 is 23.2 Å². The van der Waals surface area contributed by atoms with Gasteiger partial charge >= 0.3 is 5.97 Å². The van der Waals surface area contributed by atoms with Gasteiger partial charge in [-0.25, -0.2) is 0 Å². The zero-order chi connectivity index (χ0) is 21.0. The summed E-state index contributed by atoms with van der Waals surface area (Å²) in [6.07, 6.45) is 0. The molecular formula is C23H19Cl2NO3. The fourth-order valence-electron chi connectivity index (χ4n) is 2.84. The summed E-state index contributed by atoms with van der Waals surface area (Å²) in [4.78, 5) is 23.6. The van der Waals surface area contributed by atoms with Crippen molar-refractivity contribution in [2.75, 3.05) is 0 Å². The van der Waals surface area contributed by atoms with Crippen LogP contribution in [0.2, 0.25) is 10.0 Å². The minimum atomic E-state index is -0.358. The van der Waals surface area contributed by atoms with Crippen LogP contribution in [-0.4, -0.2) is 11.9 Å². The van der Waals surface area contributed by atoms with Gasteiger partial charge < -0.3 is 10.1 Å². The number of halogens is 2. The van der Waals surface area contributed by atoms with Crippen LogP contribution in [0.3, 0.4) is 0 Å². The highest BCUT2D eigenvalue weighted by molar-refractivity contribution is 6.42. The number of amides is 1. The lowest BCUT2D eigenvalue weighted by atomic mass is 10.0. The summed E-state index contributed by atoms with van der Waals surface area (Å²) in [5.41, 5.74) is 3.33. The number of nitrogens with one attached hydrogen (secondary N) is 1. The molecule has 0 aromatic heterocycles. The van der Waals surface area contributed by atoms with Crippen LogP contribution in [0.15, 0.2) is 66.7 Å². The van der Waals surface area contributed by atoms with Gasteiger partial charge in [0.15, 0.2) is 0 Å². The molecule has 1 amide bonds. The highest BCUT2D eigenvalue weighted by Gasteiger charge is 2.13. The van der Waals surface area contributed by atoms with E-state index >= 15 is 0 Å². The van der Waals surface area contributed by atoms with E-state index < -0.39 is 0 Å². The number of rotatable bonds is 5. The van der Waals surface area contributed by atoms with E-state index in [9.17, 15) is 9.59 Å². The first-order valence-corrected chi connectivity index (χ1v) is 9.74. The summed E-state index contributed by atoms with van der Waals surface area (Å²) in [5, 5.41) is 3.89. The minimum absolute atomic E-state index is 0.180. The zero-order valence-electron chi connectivity index (χ0n) is 15.9. The monoisotopic (exact) mass is 427 g/mol. The van der Waals surface area contributed by atoms with E-state index in [2.05, 4.69) is 5.32 Å². The van der Waals surface area contributed by atoms with Crippen molar-refractivity contribution < 1.29 is 14.3 Å². The Morgan fingerprint density at radius 2 is 1.45 bits per heavy atom. The van der Waals surface area contributed by atoms with Crippen LogP contribution in [-0.2, 0) is 4.79 Å². The summed E-state index contributed by atoms with van der Waals surface area (Å²) in [6, 6.07) is 19.6. The molecule has 0 saturated heterocycles. The van der Waals surface area contributed by atoms with Crippen molar-refractivity contribution >= 4 is 35.1 Å². The number of ether oxygens (including phenoxy) is 1. The van der Waals surface area contributed by atoms with E-state index in [0.717, 1.165) is 16.7 Å². The summed E-state index contributed by atoms with van der Waals surface area (Å²) in [7, 11) is 0. The van der Waals surface area contributed by atoms with Crippen molar-refractivity contribution in [3.05, 3.63) is 87.9 Å². The van der Waals surface area contributed by atoms with Crippen LogP contribution in [0.5, 0.6) is 5.75 Å². The number of hydrogen-bond acceptors (Lipinski definition) is 3. The molecule has 0 saturated carbocycles. The average molecular weight is 428 g/mol. The molecule has 0 spiro atoms. The second-order valence-electron chi connectivity index (χ2n) is 6.56. The van der Waals surface area contributed by atoms with E-state index in [1.165, 1.54) is 6.92 Å². The molecule has 1 atom stereocenters. The lowest BCUT2D eigenvalue weighted by molar-refractivity contribution is -0.131. The summed E-state index contributed by atoms with van der Waals surface area (Å²) >= 11 is 12.0. The molecule has 3 aromatic carbocycles. The maximum atomic E-state index is 12.6. The molecule has 3 rings (SSSR count). The van der Waals surface area contributed by atoms with Gasteiger partial charge in [0.25, 0.3) is 5.91 Å². The molecule has 0 radical (unpaired) electrons. The molecule has 0 bridgehead atoms.